The van der Waals surface area contributed by atoms with Gasteiger partial charge < -0.3 is 16.2 Å². The molecule has 0 aromatic rings. The Bertz CT molecular complexity index is 203. The molecular formula is C10H21N3O3. The van der Waals surface area contributed by atoms with Crippen LogP contribution in [0.15, 0.2) is 0 Å². The summed E-state index contributed by atoms with van der Waals surface area (Å²) >= 11 is 0. The zero-order chi connectivity index (χ0) is 12.8. The van der Waals surface area contributed by atoms with Crippen molar-refractivity contribution in [2.75, 3.05) is 13.2 Å². The summed E-state index contributed by atoms with van der Waals surface area (Å²) in [6.07, 6.45) is 4.05. The van der Waals surface area contributed by atoms with Gasteiger partial charge in [-0.1, -0.05) is 13.3 Å². The van der Waals surface area contributed by atoms with Crippen LogP contribution in [-0.4, -0.2) is 31.2 Å². The third kappa shape index (κ3) is 12.8. The Kier molecular flexibility index (Phi) is 14.8. The maximum Gasteiger partial charge on any atom is 0.322 e. The Labute approximate surface area is 95.8 Å². The molecule has 0 saturated carbocycles. The Morgan fingerprint density at radius 2 is 2.06 bits per heavy atom. The van der Waals surface area contributed by atoms with Gasteiger partial charge in [-0.3, -0.25) is 4.79 Å². The molecule has 0 rings (SSSR count). The molecule has 0 fully saturated rings. The zero-order valence-electron chi connectivity index (χ0n) is 9.70. The SMILES string of the molecule is CCCOC(=O)[C@@H](N)CCCCN.N=C=O. The summed E-state index contributed by atoms with van der Waals surface area (Å²) in [6.45, 7) is 3.06. The third-order valence-corrected chi connectivity index (χ3v) is 1.72. The van der Waals surface area contributed by atoms with E-state index < -0.39 is 6.04 Å². The van der Waals surface area contributed by atoms with E-state index in [0.29, 0.717) is 19.6 Å². The molecule has 0 aliphatic heterocycles. The number of nitrogens with two attached hydrogens (primary N) is 2. The predicted octanol–water partition coefficient (Wildman–Crippen LogP) is 0.297. The van der Waals surface area contributed by atoms with Gasteiger partial charge in [-0.15, -0.1) is 0 Å². The quantitative estimate of drug-likeness (QED) is 0.252. The van der Waals surface area contributed by atoms with Gasteiger partial charge in [0.25, 0.3) is 0 Å². The molecule has 0 amide bonds. The first-order chi connectivity index (χ1) is 7.63. The molecule has 0 aromatic carbocycles. The van der Waals surface area contributed by atoms with Crippen molar-refractivity contribution in [3.05, 3.63) is 0 Å². The van der Waals surface area contributed by atoms with Crippen LogP contribution >= 0.6 is 0 Å². The maximum atomic E-state index is 11.1. The molecule has 0 bridgehead atoms. The highest BCUT2D eigenvalue weighted by atomic mass is 16.5. The molecule has 0 aromatic heterocycles. The van der Waals surface area contributed by atoms with Gasteiger partial charge in [0.15, 0.2) is 0 Å². The summed E-state index contributed by atoms with van der Waals surface area (Å²) in [5, 5.41) is 5.40. The molecule has 6 nitrogen and oxygen atoms in total. The average molecular weight is 231 g/mol. The number of isocyanates is 1. The number of nitrogens with one attached hydrogen (secondary N) is 1. The van der Waals surface area contributed by atoms with Crippen LogP contribution in [0.3, 0.4) is 0 Å². The van der Waals surface area contributed by atoms with Crippen LogP contribution in [0.2, 0.25) is 0 Å². The summed E-state index contributed by atoms with van der Waals surface area (Å²) in [5.41, 5.74) is 10.9. The van der Waals surface area contributed by atoms with E-state index in [2.05, 4.69) is 0 Å². The number of unbranched alkanes of at least 4 members (excludes halogenated alkanes) is 1. The molecule has 94 valence electrons. The molecular weight excluding hydrogens is 210 g/mol. The van der Waals surface area contributed by atoms with E-state index >= 15 is 0 Å². The molecule has 0 spiro atoms. The minimum Gasteiger partial charge on any atom is -0.465 e. The van der Waals surface area contributed by atoms with E-state index in [1.807, 2.05) is 6.92 Å². The predicted molar refractivity (Wildman–Crippen MR) is 60.5 cm³/mol. The Morgan fingerprint density at radius 1 is 1.50 bits per heavy atom. The van der Waals surface area contributed by atoms with Gasteiger partial charge in [0, 0.05) is 0 Å². The number of carbonyl (C=O) groups excluding carboxylic acids is 2. The molecule has 5 N–H and O–H groups in total. The van der Waals surface area contributed by atoms with Crippen molar-refractivity contribution < 1.29 is 14.3 Å². The standard InChI is InChI=1S/C9H20N2O2.CHNO/c1-2-7-13-9(12)8(11)5-3-4-6-10;2-1-3/h8H,2-7,10-11H2,1H3;2H/t8-;/m0./s1. The number of ether oxygens (including phenoxy) is 1. The molecule has 1 atom stereocenters. The minimum absolute atomic E-state index is 0.293. The van der Waals surface area contributed by atoms with Crippen molar-refractivity contribution in [1.82, 2.24) is 0 Å². The largest absolute Gasteiger partial charge is 0.465 e. The molecule has 0 unspecified atom stereocenters. The lowest BCUT2D eigenvalue weighted by Crippen LogP contribution is -2.32. The van der Waals surface area contributed by atoms with Crippen LogP contribution in [-0.2, 0) is 14.3 Å². The van der Waals surface area contributed by atoms with Gasteiger partial charge in [0.05, 0.1) is 6.61 Å². The first-order valence-corrected chi connectivity index (χ1v) is 5.30. The lowest BCUT2D eigenvalue weighted by atomic mass is 10.1. The number of carbonyl (C=O) groups is 1. The maximum absolute atomic E-state index is 11.1. The molecule has 0 aliphatic carbocycles. The second kappa shape index (κ2) is 13.8. The van der Waals surface area contributed by atoms with Crippen molar-refractivity contribution >= 4 is 12.0 Å². The summed E-state index contributed by atoms with van der Waals surface area (Å²) in [5.74, 6) is -0.293. The van der Waals surface area contributed by atoms with Crippen LogP contribution in [0, 0.1) is 5.41 Å². The third-order valence-electron chi connectivity index (χ3n) is 1.72. The summed E-state index contributed by atoms with van der Waals surface area (Å²) in [6, 6.07) is -0.474. The smallest absolute Gasteiger partial charge is 0.322 e. The van der Waals surface area contributed by atoms with Crippen molar-refractivity contribution in [2.45, 2.75) is 38.6 Å². The molecule has 0 saturated heterocycles. The van der Waals surface area contributed by atoms with E-state index in [4.69, 9.17) is 26.4 Å². The minimum atomic E-state index is -0.474. The Hall–Kier alpha value is -1.23. The Morgan fingerprint density at radius 3 is 2.50 bits per heavy atom. The van der Waals surface area contributed by atoms with E-state index in [1.165, 1.54) is 0 Å². The fourth-order valence-electron chi connectivity index (χ4n) is 0.936. The van der Waals surface area contributed by atoms with E-state index in [9.17, 15) is 4.79 Å². The highest BCUT2D eigenvalue weighted by molar-refractivity contribution is 5.75. The van der Waals surface area contributed by atoms with Gasteiger partial charge in [0.2, 0.25) is 6.08 Å². The highest BCUT2D eigenvalue weighted by Gasteiger charge is 2.13. The van der Waals surface area contributed by atoms with Gasteiger partial charge in [0.1, 0.15) is 6.04 Å². The fraction of sp³-hybridized carbons (Fsp3) is 0.800. The second-order valence-electron chi connectivity index (χ2n) is 3.16. The van der Waals surface area contributed by atoms with E-state index in [-0.39, 0.29) is 5.97 Å². The van der Waals surface area contributed by atoms with Gasteiger partial charge in [-0.25, -0.2) is 10.2 Å². The van der Waals surface area contributed by atoms with Crippen molar-refractivity contribution in [3.8, 4) is 0 Å². The first kappa shape index (κ1) is 17.2. The summed E-state index contributed by atoms with van der Waals surface area (Å²) in [4.78, 5) is 19.5. The normalized spacial score (nSPS) is 10.7. The molecule has 0 aliphatic rings. The van der Waals surface area contributed by atoms with Crippen LogP contribution in [0.5, 0.6) is 0 Å². The lowest BCUT2D eigenvalue weighted by Gasteiger charge is -2.10. The number of esters is 1. The monoisotopic (exact) mass is 231 g/mol. The molecule has 16 heavy (non-hydrogen) atoms. The van der Waals surface area contributed by atoms with Crippen LogP contribution < -0.4 is 11.5 Å². The van der Waals surface area contributed by atoms with Gasteiger partial charge in [-0.05, 0) is 25.8 Å². The van der Waals surface area contributed by atoms with Crippen LogP contribution in [0.25, 0.3) is 0 Å². The molecule has 6 heteroatoms. The van der Waals surface area contributed by atoms with E-state index in [1.54, 1.807) is 0 Å². The highest BCUT2D eigenvalue weighted by Crippen LogP contribution is 2.00. The summed E-state index contributed by atoms with van der Waals surface area (Å²) in [7, 11) is 0. The Balaban J connectivity index is 0. The summed E-state index contributed by atoms with van der Waals surface area (Å²) < 4.78 is 4.89. The number of rotatable bonds is 7. The number of hydrogen-bond acceptors (Lipinski definition) is 6. The van der Waals surface area contributed by atoms with Gasteiger partial charge >= 0.3 is 5.97 Å². The second-order valence-corrected chi connectivity index (χ2v) is 3.16. The van der Waals surface area contributed by atoms with Crippen molar-refractivity contribution in [3.63, 3.8) is 0 Å². The molecule has 0 heterocycles. The van der Waals surface area contributed by atoms with Gasteiger partial charge in [-0.2, -0.15) is 0 Å². The van der Waals surface area contributed by atoms with Crippen LogP contribution in [0.1, 0.15) is 32.6 Å². The average Bonchev–Trinajstić information content (AvgIpc) is 2.27. The van der Waals surface area contributed by atoms with E-state index in [0.717, 1.165) is 25.3 Å². The number of hydrogen-bond donors (Lipinski definition) is 3. The zero-order valence-corrected chi connectivity index (χ0v) is 9.70. The molecule has 0 radical (unpaired) electrons. The van der Waals surface area contributed by atoms with Crippen molar-refractivity contribution in [2.24, 2.45) is 11.5 Å². The van der Waals surface area contributed by atoms with Crippen LogP contribution in [0.4, 0.5) is 0 Å². The topological polar surface area (TPSA) is 119 Å². The first-order valence-electron chi connectivity index (χ1n) is 5.30. The fourth-order valence-corrected chi connectivity index (χ4v) is 0.936. The van der Waals surface area contributed by atoms with Crippen molar-refractivity contribution in [1.29, 1.82) is 5.41 Å². The lowest BCUT2D eigenvalue weighted by molar-refractivity contribution is -0.145.